The van der Waals surface area contributed by atoms with E-state index in [-0.39, 0.29) is 11.6 Å². The second kappa shape index (κ2) is 9.96. The molecule has 0 aromatic heterocycles. The highest BCUT2D eigenvalue weighted by Crippen LogP contribution is 2.51. The molecule has 6 heteroatoms. The van der Waals surface area contributed by atoms with E-state index in [0.29, 0.717) is 5.02 Å². The van der Waals surface area contributed by atoms with E-state index in [4.69, 9.17) is 16.3 Å². The van der Waals surface area contributed by atoms with Gasteiger partial charge in [0.25, 0.3) is 0 Å². The molecule has 0 aliphatic carbocycles. The van der Waals surface area contributed by atoms with Crippen molar-refractivity contribution in [3.63, 3.8) is 0 Å². The predicted molar refractivity (Wildman–Crippen MR) is 146 cm³/mol. The molecule has 0 radical (unpaired) electrons. The smallest absolute Gasteiger partial charge is 0.335 e. The summed E-state index contributed by atoms with van der Waals surface area (Å²) in [4.78, 5) is 13.8. The first-order chi connectivity index (χ1) is 17.5. The zero-order valence-electron chi connectivity index (χ0n) is 20.2. The standard InChI is InChI=1S/C30H27ClN2O3/c1-3-33(4-2)24-17-18-26-28(27(24)19-13-15-20(16-14-19)30(34)35)29(21-9-5-8-12-25(21)36-26)32-23-11-7-6-10-22(23)31/h5-18,29,32H,3-4H2,1-2H3,(H,34,35). The Labute approximate surface area is 215 Å². The average Bonchev–Trinajstić information content (AvgIpc) is 2.90. The second-order valence-electron chi connectivity index (χ2n) is 8.62. The van der Waals surface area contributed by atoms with E-state index in [9.17, 15) is 9.90 Å². The van der Waals surface area contributed by atoms with Gasteiger partial charge in [-0.2, -0.15) is 0 Å². The molecule has 0 saturated carbocycles. The Hall–Kier alpha value is -3.96. The zero-order chi connectivity index (χ0) is 25.2. The molecule has 1 aliphatic heterocycles. The van der Waals surface area contributed by atoms with Crippen molar-refractivity contribution in [2.45, 2.75) is 19.9 Å². The first kappa shape index (κ1) is 23.8. The summed E-state index contributed by atoms with van der Waals surface area (Å²) in [6.07, 6.45) is 0. The van der Waals surface area contributed by atoms with Crippen LogP contribution < -0.4 is 15.0 Å². The molecule has 1 aliphatic rings. The van der Waals surface area contributed by atoms with Gasteiger partial charge in [0, 0.05) is 35.5 Å². The van der Waals surface area contributed by atoms with Crippen LogP contribution >= 0.6 is 11.6 Å². The number of anilines is 2. The third-order valence-electron chi connectivity index (χ3n) is 6.62. The summed E-state index contributed by atoms with van der Waals surface area (Å²) >= 11 is 6.57. The van der Waals surface area contributed by atoms with Gasteiger partial charge in [-0.25, -0.2) is 4.79 Å². The van der Waals surface area contributed by atoms with E-state index >= 15 is 0 Å². The highest BCUT2D eigenvalue weighted by Gasteiger charge is 2.32. The quantitative estimate of drug-likeness (QED) is 0.271. The Bertz CT molecular complexity index is 1410. The van der Waals surface area contributed by atoms with Crippen LogP contribution in [-0.4, -0.2) is 24.2 Å². The molecule has 4 aromatic rings. The lowest BCUT2D eigenvalue weighted by Crippen LogP contribution is -2.25. The van der Waals surface area contributed by atoms with Crippen LogP contribution in [0, 0.1) is 0 Å². The summed E-state index contributed by atoms with van der Waals surface area (Å²) in [5.41, 5.74) is 6.06. The molecule has 36 heavy (non-hydrogen) atoms. The Morgan fingerprint density at radius 2 is 1.61 bits per heavy atom. The maximum atomic E-state index is 11.5. The minimum atomic E-state index is -0.948. The number of carbonyl (C=O) groups is 1. The van der Waals surface area contributed by atoms with E-state index < -0.39 is 5.97 Å². The van der Waals surface area contributed by atoms with Gasteiger partial charge in [0.15, 0.2) is 0 Å². The van der Waals surface area contributed by atoms with Crippen LogP contribution in [0.15, 0.2) is 84.9 Å². The molecule has 0 fully saturated rings. The Morgan fingerprint density at radius 1 is 0.917 bits per heavy atom. The summed E-state index contributed by atoms with van der Waals surface area (Å²) in [5, 5.41) is 13.8. The van der Waals surface area contributed by atoms with Gasteiger partial charge in [-0.3, -0.25) is 0 Å². The topological polar surface area (TPSA) is 61.8 Å². The lowest BCUT2D eigenvalue weighted by Gasteiger charge is -2.34. The maximum absolute atomic E-state index is 11.5. The Balaban J connectivity index is 1.77. The number of hydrogen-bond donors (Lipinski definition) is 2. The molecule has 1 heterocycles. The summed E-state index contributed by atoms with van der Waals surface area (Å²) in [6.45, 7) is 5.92. The van der Waals surface area contributed by atoms with Crippen LogP contribution in [0.25, 0.3) is 11.1 Å². The first-order valence-corrected chi connectivity index (χ1v) is 12.4. The highest BCUT2D eigenvalue weighted by atomic mass is 35.5. The van der Waals surface area contributed by atoms with Crippen LogP contribution in [0.5, 0.6) is 11.5 Å². The van der Waals surface area contributed by atoms with Crippen molar-refractivity contribution in [3.05, 3.63) is 107 Å². The number of halogens is 1. The molecule has 1 unspecified atom stereocenters. The van der Waals surface area contributed by atoms with Gasteiger partial charge in [0.1, 0.15) is 11.5 Å². The lowest BCUT2D eigenvalue weighted by atomic mass is 9.86. The van der Waals surface area contributed by atoms with Crippen molar-refractivity contribution in [1.29, 1.82) is 0 Å². The number of ether oxygens (including phenoxy) is 1. The molecule has 0 amide bonds. The van der Waals surface area contributed by atoms with Gasteiger partial charge in [-0.05, 0) is 61.9 Å². The lowest BCUT2D eigenvalue weighted by molar-refractivity contribution is 0.0697. The van der Waals surface area contributed by atoms with Crippen LogP contribution in [-0.2, 0) is 0 Å². The van der Waals surface area contributed by atoms with Gasteiger partial charge in [0.2, 0.25) is 0 Å². The molecule has 5 rings (SSSR count). The van der Waals surface area contributed by atoms with Crippen molar-refractivity contribution < 1.29 is 14.6 Å². The van der Waals surface area contributed by atoms with Gasteiger partial charge in [-0.1, -0.05) is 54.1 Å². The number of benzene rings is 4. The van der Waals surface area contributed by atoms with E-state index in [2.05, 4.69) is 36.2 Å². The summed E-state index contributed by atoms with van der Waals surface area (Å²) in [6, 6.07) is 26.6. The highest BCUT2D eigenvalue weighted by molar-refractivity contribution is 6.33. The normalized spacial score (nSPS) is 13.8. The van der Waals surface area contributed by atoms with Crippen LogP contribution in [0.3, 0.4) is 0 Å². The summed E-state index contributed by atoms with van der Waals surface area (Å²) < 4.78 is 6.42. The molecule has 2 N–H and O–H groups in total. The average molecular weight is 499 g/mol. The molecule has 5 nitrogen and oxygen atoms in total. The molecular weight excluding hydrogens is 472 g/mol. The SMILES string of the molecule is CCN(CC)c1ccc2c(c1-c1ccc(C(=O)O)cc1)C(Nc1ccccc1Cl)c1ccccc1O2. The minimum absolute atomic E-state index is 0.241. The number of fused-ring (bicyclic) bond motifs is 2. The number of carboxylic acid groups (broad SMARTS) is 1. The van der Waals surface area contributed by atoms with Crippen molar-refractivity contribution in [2.75, 3.05) is 23.3 Å². The van der Waals surface area contributed by atoms with E-state index in [1.807, 2.05) is 60.7 Å². The van der Waals surface area contributed by atoms with Crippen molar-refractivity contribution in [3.8, 4) is 22.6 Å². The molecular formula is C30H27ClN2O3. The van der Waals surface area contributed by atoms with Crippen molar-refractivity contribution in [1.82, 2.24) is 0 Å². The molecule has 0 saturated heterocycles. The fraction of sp³-hybridized carbons (Fsp3) is 0.167. The number of nitrogens with zero attached hydrogens (tertiary/aromatic N) is 1. The Morgan fingerprint density at radius 3 is 2.31 bits per heavy atom. The van der Waals surface area contributed by atoms with Crippen LogP contribution in [0.2, 0.25) is 5.02 Å². The van der Waals surface area contributed by atoms with Crippen molar-refractivity contribution >= 4 is 28.9 Å². The number of hydrogen-bond acceptors (Lipinski definition) is 4. The second-order valence-corrected chi connectivity index (χ2v) is 9.03. The fourth-order valence-electron chi connectivity index (χ4n) is 4.84. The van der Waals surface area contributed by atoms with Crippen molar-refractivity contribution in [2.24, 2.45) is 0 Å². The fourth-order valence-corrected chi connectivity index (χ4v) is 5.04. The number of para-hydroxylation sites is 2. The first-order valence-electron chi connectivity index (χ1n) is 12.0. The summed E-state index contributed by atoms with van der Waals surface area (Å²) in [7, 11) is 0. The van der Waals surface area contributed by atoms with E-state index in [1.54, 1.807) is 12.1 Å². The maximum Gasteiger partial charge on any atom is 0.335 e. The number of carboxylic acids is 1. The van der Waals surface area contributed by atoms with Gasteiger partial charge in [-0.15, -0.1) is 0 Å². The minimum Gasteiger partial charge on any atom is -0.478 e. The zero-order valence-corrected chi connectivity index (χ0v) is 20.9. The number of rotatable bonds is 7. The molecule has 182 valence electrons. The van der Waals surface area contributed by atoms with E-state index in [0.717, 1.165) is 58.2 Å². The number of nitrogens with one attached hydrogen (secondary N) is 1. The summed E-state index contributed by atoms with van der Waals surface area (Å²) in [5.74, 6) is 0.597. The van der Waals surface area contributed by atoms with Gasteiger partial charge >= 0.3 is 5.97 Å². The third-order valence-corrected chi connectivity index (χ3v) is 6.95. The Kier molecular flexibility index (Phi) is 6.57. The number of aromatic carboxylic acids is 1. The van der Waals surface area contributed by atoms with Gasteiger partial charge in [0.05, 0.1) is 22.3 Å². The molecule has 0 bridgehead atoms. The van der Waals surface area contributed by atoms with Crippen LogP contribution in [0.4, 0.5) is 11.4 Å². The van der Waals surface area contributed by atoms with Gasteiger partial charge < -0.3 is 20.1 Å². The molecule has 0 spiro atoms. The van der Waals surface area contributed by atoms with Crippen LogP contribution in [0.1, 0.15) is 41.4 Å². The largest absolute Gasteiger partial charge is 0.478 e. The predicted octanol–water partition coefficient (Wildman–Crippen LogP) is 7.86. The monoisotopic (exact) mass is 498 g/mol. The third kappa shape index (κ3) is 4.27. The molecule has 1 atom stereocenters. The van der Waals surface area contributed by atoms with E-state index in [1.165, 1.54) is 0 Å². The molecule has 4 aromatic carbocycles.